The van der Waals surface area contributed by atoms with Crippen LogP contribution in [0.4, 0.5) is 0 Å². The summed E-state index contributed by atoms with van der Waals surface area (Å²) in [5.41, 5.74) is 1.43. The highest BCUT2D eigenvalue weighted by atomic mass is 35.5. The van der Waals surface area contributed by atoms with Gasteiger partial charge in [0.05, 0.1) is 0 Å². The molecule has 2 N–H and O–H groups in total. The molecule has 0 aromatic heterocycles. The molecule has 0 saturated heterocycles. The first-order chi connectivity index (χ1) is 10.3. The first-order valence-corrected chi connectivity index (χ1v) is 8.34. The van der Waals surface area contributed by atoms with Crippen molar-refractivity contribution in [3.63, 3.8) is 0 Å². The zero-order chi connectivity index (χ0) is 14.9. The van der Waals surface area contributed by atoms with Crippen molar-refractivity contribution in [3.05, 3.63) is 35.9 Å². The fraction of sp³-hybridized carbons (Fsp3) is 0.611. The Hall–Kier alpha value is -1.06. The van der Waals surface area contributed by atoms with E-state index in [1.54, 1.807) is 0 Å². The van der Waals surface area contributed by atoms with Crippen LogP contribution in [0.1, 0.15) is 50.5 Å². The van der Waals surface area contributed by atoms with Crippen LogP contribution in [-0.4, -0.2) is 25.5 Å². The van der Waals surface area contributed by atoms with Gasteiger partial charge >= 0.3 is 0 Å². The molecule has 1 saturated carbocycles. The second kappa shape index (κ2) is 10.6. The number of nitrogens with one attached hydrogen (secondary N) is 2. The number of benzene rings is 1. The van der Waals surface area contributed by atoms with Crippen molar-refractivity contribution < 1.29 is 4.79 Å². The Morgan fingerprint density at radius 2 is 1.73 bits per heavy atom. The first kappa shape index (κ1) is 19.0. The van der Waals surface area contributed by atoms with Crippen molar-refractivity contribution in [3.8, 4) is 0 Å². The van der Waals surface area contributed by atoms with Gasteiger partial charge in [-0.2, -0.15) is 0 Å². The molecule has 3 nitrogen and oxygen atoms in total. The number of carbonyl (C=O) groups excluding carboxylic acids is 1. The minimum Gasteiger partial charge on any atom is -0.355 e. The summed E-state index contributed by atoms with van der Waals surface area (Å²) in [6, 6.07) is 10.7. The smallest absolute Gasteiger partial charge is 0.223 e. The van der Waals surface area contributed by atoms with Crippen molar-refractivity contribution in [2.24, 2.45) is 5.92 Å². The summed E-state index contributed by atoms with van der Waals surface area (Å²) in [6.45, 7) is 4.80. The first-order valence-electron chi connectivity index (χ1n) is 8.34. The Bertz CT molecular complexity index is 416. The molecule has 1 aliphatic rings. The summed E-state index contributed by atoms with van der Waals surface area (Å²) in [5, 5.41) is 6.37. The quantitative estimate of drug-likeness (QED) is 0.754. The van der Waals surface area contributed by atoms with Crippen molar-refractivity contribution in [2.45, 2.75) is 44.9 Å². The van der Waals surface area contributed by atoms with E-state index < -0.39 is 0 Å². The zero-order valence-corrected chi connectivity index (χ0v) is 14.3. The van der Waals surface area contributed by atoms with Crippen molar-refractivity contribution in [1.29, 1.82) is 0 Å². The third-order valence-electron chi connectivity index (χ3n) is 4.40. The van der Waals surface area contributed by atoms with Crippen LogP contribution in [0.3, 0.4) is 0 Å². The molecule has 0 heterocycles. The molecule has 0 atom stereocenters. The lowest BCUT2D eigenvalue weighted by atomic mass is 9.78. The molecular weight excluding hydrogens is 296 g/mol. The molecule has 4 heteroatoms. The minimum absolute atomic E-state index is 0. The van der Waals surface area contributed by atoms with Crippen molar-refractivity contribution in [1.82, 2.24) is 10.6 Å². The summed E-state index contributed by atoms with van der Waals surface area (Å²) in [4.78, 5) is 12.1. The number of halogens is 1. The van der Waals surface area contributed by atoms with E-state index in [9.17, 15) is 4.79 Å². The lowest BCUT2D eigenvalue weighted by molar-refractivity contribution is -0.125. The molecule has 22 heavy (non-hydrogen) atoms. The van der Waals surface area contributed by atoms with E-state index in [2.05, 4.69) is 47.9 Å². The summed E-state index contributed by atoms with van der Waals surface area (Å²) in [5.74, 6) is 1.11. The maximum atomic E-state index is 12.1. The van der Waals surface area contributed by atoms with Crippen LogP contribution in [0.15, 0.2) is 30.3 Å². The van der Waals surface area contributed by atoms with Gasteiger partial charge < -0.3 is 10.6 Å². The summed E-state index contributed by atoms with van der Waals surface area (Å²) < 4.78 is 0. The number of amides is 1. The van der Waals surface area contributed by atoms with E-state index in [4.69, 9.17) is 0 Å². The highest BCUT2D eigenvalue weighted by molar-refractivity contribution is 5.85. The molecule has 0 radical (unpaired) electrons. The molecule has 1 aromatic rings. The van der Waals surface area contributed by atoms with Gasteiger partial charge in [0.2, 0.25) is 5.91 Å². The maximum Gasteiger partial charge on any atom is 0.223 e. The van der Waals surface area contributed by atoms with Gasteiger partial charge in [-0.15, -0.1) is 12.4 Å². The highest BCUT2D eigenvalue weighted by Gasteiger charge is 2.26. The fourth-order valence-electron chi connectivity index (χ4n) is 3.13. The van der Waals surface area contributed by atoms with Gasteiger partial charge in [-0.1, -0.05) is 37.3 Å². The average Bonchev–Trinajstić information content (AvgIpc) is 2.55. The van der Waals surface area contributed by atoms with Gasteiger partial charge in [0, 0.05) is 19.0 Å². The van der Waals surface area contributed by atoms with Gasteiger partial charge in [-0.3, -0.25) is 4.79 Å². The average molecular weight is 325 g/mol. The van der Waals surface area contributed by atoms with E-state index in [1.165, 1.54) is 5.56 Å². The number of hydrogen-bond acceptors (Lipinski definition) is 2. The Kier molecular flexibility index (Phi) is 9.17. The van der Waals surface area contributed by atoms with E-state index >= 15 is 0 Å². The Balaban J connectivity index is 0.00000242. The fourth-order valence-corrected chi connectivity index (χ4v) is 3.13. The van der Waals surface area contributed by atoms with Crippen LogP contribution >= 0.6 is 12.4 Å². The normalized spacial score (nSPS) is 21.0. The van der Waals surface area contributed by atoms with Crippen LogP contribution < -0.4 is 10.6 Å². The standard InChI is InChI=1S/C18H28N2O.ClH/c1-2-12-19-13-14-20-18(21)17-10-8-16(9-11-17)15-6-4-3-5-7-15;/h3-7,16-17,19H,2,8-14H2,1H3,(H,20,21);1H. The molecule has 0 unspecified atom stereocenters. The van der Waals surface area contributed by atoms with E-state index in [0.29, 0.717) is 5.92 Å². The molecule has 1 aliphatic carbocycles. The van der Waals surface area contributed by atoms with E-state index in [-0.39, 0.29) is 24.2 Å². The maximum absolute atomic E-state index is 12.1. The van der Waals surface area contributed by atoms with Crippen molar-refractivity contribution in [2.75, 3.05) is 19.6 Å². The van der Waals surface area contributed by atoms with E-state index in [0.717, 1.165) is 51.7 Å². The van der Waals surface area contributed by atoms with Gasteiger partial charge in [0.1, 0.15) is 0 Å². The second-order valence-electron chi connectivity index (χ2n) is 6.00. The third kappa shape index (κ3) is 5.98. The van der Waals surface area contributed by atoms with Crippen LogP contribution in [0, 0.1) is 5.92 Å². The van der Waals surface area contributed by atoms with Crippen LogP contribution in [0.25, 0.3) is 0 Å². The molecule has 0 bridgehead atoms. The Morgan fingerprint density at radius 3 is 2.36 bits per heavy atom. The number of hydrogen-bond donors (Lipinski definition) is 2. The molecule has 124 valence electrons. The van der Waals surface area contributed by atoms with Gasteiger partial charge in [0.15, 0.2) is 0 Å². The molecular formula is C18H29ClN2O. The zero-order valence-electron chi connectivity index (χ0n) is 13.5. The minimum atomic E-state index is 0. The van der Waals surface area contributed by atoms with Gasteiger partial charge in [-0.25, -0.2) is 0 Å². The predicted octanol–water partition coefficient (Wildman–Crippen LogP) is 3.50. The lowest BCUT2D eigenvalue weighted by Crippen LogP contribution is -2.37. The van der Waals surface area contributed by atoms with Gasteiger partial charge in [-0.05, 0) is 50.1 Å². The van der Waals surface area contributed by atoms with Crippen molar-refractivity contribution >= 4 is 18.3 Å². The summed E-state index contributed by atoms with van der Waals surface area (Å²) in [7, 11) is 0. The highest BCUT2D eigenvalue weighted by Crippen LogP contribution is 2.35. The molecule has 0 aliphatic heterocycles. The third-order valence-corrected chi connectivity index (χ3v) is 4.40. The number of rotatable bonds is 7. The van der Waals surface area contributed by atoms with Crippen LogP contribution in [0.5, 0.6) is 0 Å². The van der Waals surface area contributed by atoms with Crippen LogP contribution in [-0.2, 0) is 4.79 Å². The van der Waals surface area contributed by atoms with Crippen LogP contribution in [0.2, 0.25) is 0 Å². The molecule has 1 fully saturated rings. The molecule has 2 rings (SSSR count). The van der Waals surface area contributed by atoms with Gasteiger partial charge in [0.25, 0.3) is 0 Å². The monoisotopic (exact) mass is 324 g/mol. The lowest BCUT2D eigenvalue weighted by Gasteiger charge is -2.28. The number of carbonyl (C=O) groups is 1. The summed E-state index contributed by atoms with van der Waals surface area (Å²) in [6.07, 6.45) is 5.45. The molecule has 0 spiro atoms. The SMILES string of the molecule is CCCNCCNC(=O)C1CCC(c2ccccc2)CC1.Cl. The molecule has 1 amide bonds. The largest absolute Gasteiger partial charge is 0.355 e. The Morgan fingerprint density at radius 1 is 1.05 bits per heavy atom. The Labute approximate surface area is 140 Å². The molecule has 1 aromatic carbocycles. The second-order valence-corrected chi connectivity index (χ2v) is 6.00. The summed E-state index contributed by atoms with van der Waals surface area (Å²) >= 11 is 0. The van der Waals surface area contributed by atoms with E-state index in [1.807, 2.05) is 0 Å². The predicted molar refractivity (Wildman–Crippen MR) is 94.6 cm³/mol. The topological polar surface area (TPSA) is 41.1 Å².